The summed E-state index contributed by atoms with van der Waals surface area (Å²) in [6.45, 7) is 8.70. The molecule has 0 atom stereocenters. The zero-order valence-corrected chi connectivity index (χ0v) is 9.22. The minimum atomic E-state index is 0.666. The van der Waals surface area contributed by atoms with Gasteiger partial charge in [0.05, 0.1) is 17.8 Å². The van der Waals surface area contributed by atoms with Gasteiger partial charge in [-0.05, 0) is 18.5 Å². The molecule has 1 rings (SSSR count). The first-order chi connectivity index (χ1) is 6.72. The van der Waals surface area contributed by atoms with Crippen molar-refractivity contribution in [3.05, 3.63) is 29.6 Å². The predicted molar refractivity (Wildman–Crippen MR) is 59.5 cm³/mol. The van der Waals surface area contributed by atoms with Crippen LogP contribution in [0.25, 0.3) is 0 Å². The molecule has 0 fully saturated rings. The van der Waals surface area contributed by atoms with Crippen LogP contribution in [0.15, 0.2) is 24.5 Å². The molecule has 0 radical (unpaired) electrons. The highest BCUT2D eigenvalue weighted by Gasteiger charge is 1.98. The van der Waals surface area contributed by atoms with E-state index in [1.807, 2.05) is 0 Å². The van der Waals surface area contributed by atoms with Crippen molar-refractivity contribution in [1.29, 1.82) is 0 Å². The van der Waals surface area contributed by atoms with Crippen molar-refractivity contribution < 1.29 is 0 Å². The molecule has 0 bridgehead atoms. The van der Waals surface area contributed by atoms with Crippen LogP contribution in [-0.2, 0) is 6.54 Å². The molecule has 0 spiro atoms. The molecule has 1 aromatic rings. The molecule has 0 saturated heterocycles. The molecule has 0 aliphatic rings. The van der Waals surface area contributed by atoms with Gasteiger partial charge in [0, 0.05) is 12.7 Å². The SMILES string of the molecule is C=C(CNCCC)Cn1cc(Cl)cn1. The van der Waals surface area contributed by atoms with Gasteiger partial charge in [0.2, 0.25) is 0 Å². The molecule has 0 unspecified atom stereocenters. The van der Waals surface area contributed by atoms with E-state index in [-0.39, 0.29) is 0 Å². The smallest absolute Gasteiger partial charge is 0.0785 e. The average Bonchev–Trinajstić information content (AvgIpc) is 2.52. The number of aromatic nitrogens is 2. The van der Waals surface area contributed by atoms with Crippen LogP contribution in [0.5, 0.6) is 0 Å². The molecule has 4 heteroatoms. The molecule has 0 saturated carbocycles. The van der Waals surface area contributed by atoms with Crippen molar-refractivity contribution in [3.63, 3.8) is 0 Å². The first kappa shape index (κ1) is 11.3. The van der Waals surface area contributed by atoms with Gasteiger partial charge in [0.1, 0.15) is 0 Å². The second-order valence-corrected chi connectivity index (χ2v) is 3.72. The number of hydrogen-bond donors (Lipinski definition) is 1. The summed E-state index contributed by atoms with van der Waals surface area (Å²) < 4.78 is 1.79. The summed E-state index contributed by atoms with van der Waals surface area (Å²) in [5.41, 5.74) is 1.11. The molecule has 1 aromatic heterocycles. The van der Waals surface area contributed by atoms with Gasteiger partial charge in [-0.2, -0.15) is 5.10 Å². The summed E-state index contributed by atoms with van der Waals surface area (Å²) in [5, 5.41) is 8.03. The maximum absolute atomic E-state index is 5.74. The van der Waals surface area contributed by atoms with Gasteiger partial charge in [0.15, 0.2) is 0 Å². The number of nitrogens with one attached hydrogen (secondary N) is 1. The van der Waals surface area contributed by atoms with Crippen LogP contribution in [0.3, 0.4) is 0 Å². The summed E-state index contributed by atoms with van der Waals surface area (Å²) in [6.07, 6.45) is 4.57. The molecule has 0 aromatic carbocycles. The van der Waals surface area contributed by atoms with Gasteiger partial charge in [-0.25, -0.2) is 0 Å². The van der Waals surface area contributed by atoms with Gasteiger partial charge in [-0.1, -0.05) is 25.1 Å². The van der Waals surface area contributed by atoms with E-state index >= 15 is 0 Å². The predicted octanol–water partition coefficient (Wildman–Crippen LogP) is 2.09. The van der Waals surface area contributed by atoms with Crippen molar-refractivity contribution >= 4 is 11.6 Å². The molecular formula is C10H16ClN3. The maximum atomic E-state index is 5.74. The minimum Gasteiger partial charge on any atom is -0.313 e. The molecular weight excluding hydrogens is 198 g/mol. The van der Waals surface area contributed by atoms with Crippen LogP contribution >= 0.6 is 11.6 Å². The first-order valence-electron chi connectivity index (χ1n) is 4.77. The molecule has 0 aliphatic carbocycles. The fourth-order valence-corrected chi connectivity index (χ4v) is 1.31. The molecule has 78 valence electrons. The second-order valence-electron chi connectivity index (χ2n) is 3.28. The average molecular weight is 214 g/mol. The van der Waals surface area contributed by atoms with Gasteiger partial charge in [0.25, 0.3) is 0 Å². The monoisotopic (exact) mass is 213 g/mol. The fraction of sp³-hybridized carbons (Fsp3) is 0.500. The zero-order valence-electron chi connectivity index (χ0n) is 8.46. The van der Waals surface area contributed by atoms with Crippen LogP contribution in [0, 0.1) is 0 Å². The molecule has 14 heavy (non-hydrogen) atoms. The van der Waals surface area contributed by atoms with E-state index in [0.717, 1.165) is 31.6 Å². The zero-order chi connectivity index (χ0) is 10.4. The lowest BCUT2D eigenvalue weighted by molar-refractivity contribution is 0.633. The van der Waals surface area contributed by atoms with Crippen molar-refractivity contribution in [1.82, 2.24) is 15.1 Å². The van der Waals surface area contributed by atoms with Gasteiger partial charge in [-0.15, -0.1) is 0 Å². The summed E-state index contributed by atoms with van der Waals surface area (Å²) in [6, 6.07) is 0. The number of hydrogen-bond acceptors (Lipinski definition) is 2. The van der Waals surface area contributed by atoms with Crippen molar-refractivity contribution in [2.75, 3.05) is 13.1 Å². The lowest BCUT2D eigenvalue weighted by Crippen LogP contribution is -2.19. The van der Waals surface area contributed by atoms with Gasteiger partial charge in [-0.3, -0.25) is 4.68 Å². The second kappa shape index (κ2) is 5.83. The van der Waals surface area contributed by atoms with Crippen LogP contribution in [0.2, 0.25) is 5.02 Å². The van der Waals surface area contributed by atoms with Crippen LogP contribution < -0.4 is 5.32 Å². The summed E-state index contributed by atoms with van der Waals surface area (Å²) in [7, 11) is 0. The minimum absolute atomic E-state index is 0.666. The molecule has 1 N–H and O–H groups in total. The normalized spacial score (nSPS) is 10.4. The van der Waals surface area contributed by atoms with Crippen LogP contribution in [-0.4, -0.2) is 22.9 Å². The maximum Gasteiger partial charge on any atom is 0.0785 e. The Morgan fingerprint density at radius 1 is 1.71 bits per heavy atom. The number of halogens is 1. The quantitative estimate of drug-likeness (QED) is 0.580. The van der Waals surface area contributed by atoms with E-state index in [2.05, 4.69) is 23.9 Å². The van der Waals surface area contributed by atoms with E-state index in [1.165, 1.54) is 0 Å². The van der Waals surface area contributed by atoms with Crippen molar-refractivity contribution in [3.8, 4) is 0 Å². The Balaban J connectivity index is 2.27. The third-order valence-corrected chi connectivity index (χ3v) is 1.98. The molecule has 0 aliphatic heterocycles. The van der Waals surface area contributed by atoms with Gasteiger partial charge < -0.3 is 5.32 Å². The Morgan fingerprint density at radius 2 is 2.50 bits per heavy atom. The first-order valence-corrected chi connectivity index (χ1v) is 5.15. The summed E-state index contributed by atoms with van der Waals surface area (Å²) in [4.78, 5) is 0. The van der Waals surface area contributed by atoms with E-state index in [0.29, 0.717) is 5.02 Å². The van der Waals surface area contributed by atoms with E-state index in [4.69, 9.17) is 11.6 Å². The Labute approximate surface area is 89.8 Å². The summed E-state index contributed by atoms with van der Waals surface area (Å²) >= 11 is 5.74. The Hall–Kier alpha value is -0.800. The van der Waals surface area contributed by atoms with Crippen molar-refractivity contribution in [2.24, 2.45) is 0 Å². The Kier molecular flexibility index (Phi) is 4.70. The molecule has 0 amide bonds. The number of nitrogens with zero attached hydrogens (tertiary/aromatic N) is 2. The lowest BCUT2D eigenvalue weighted by Gasteiger charge is -2.06. The standard InChI is InChI=1S/C10H16ClN3/c1-3-4-12-5-9(2)7-14-8-10(11)6-13-14/h6,8,12H,2-5,7H2,1H3. The topological polar surface area (TPSA) is 29.9 Å². The molecule has 3 nitrogen and oxygen atoms in total. The fourth-order valence-electron chi connectivity index (χ4n) is 1.15. The molecule has 1 heterocycles. The largest absolute Gasteiger partial charge is 0.313 e. The van der Waals surface area contributed by atoms with Crippen LogP contribution in [0.1, 0.15) is 13.3 Å². The highest BCUT2D eigenvalue weighted by Crippen LogP contribution is 2.05. The third kappa shape index (κ3) is 3.94. The lowest BCUT2D eigenvalue weighted by atomic mass is 10.3. The Morgan fingerprint density at radius 3 is 3.07 bits per heavy atom. The summed E-state index contributed by atoms with van der Waals surface area (Å²) in [5.74, 6) is 0. The van der Waals surface area contributed by atoms with E-state index in [9.17, 15) is 0 Å². The third-order valence-electron chi connectivity index (χ3n) is 1.79. The Bertz CT molecular complexity index is 293. The highest BCUT2D eigenvalue weighted by atomic mass is 35.5. The van der Waals surface area contributed by atoms with E-state index in [1.54, 1.807) is 17.1 Å². The highest BCUT2D eigenvalue weighted by molar-refractivity contribution is 6.30. The van der Waals surface area contributed by atoms with Crippen molar-refractivity contribution in [2.45, 2.75) is 19.9 Å². The van der Waals surface area contributed by atoms with Crippen LogP contribution in [0.4, 0.5) is 0 Å². The van der Waals surface area contributed by atoms with Gasteiger partial charge >= 0.3 is 0 Å². The number of rotatable bonds is 6. The van der Waals surface area contributed by atoms with E-state index < -0.39 is 0 Å².